The number of likely N-dealkylation sites (N-methyl/N-ethyl adjacent to an activating group) is 1. The highest BCUT2D eigenvalue weighted by molar-refractivity contribution is 7.89. The predicted molar refractivity (Wildman–Crippen MR) is 135 cm³/mol. The summed E-state index contributed by atoms with van der Waals surface area (Å²) >= 11 is 0. The summed E-state index contributed by atoms with van der Waals surface area (Å²) in [7, 11) is -2.46. The Hall–Kier alpha value is -2.71. The van der Waals surface area contributed by atoms with Gasteiger partial charge in [0.2, 0.25) is 21.8 Å². The Bertz CT molecular complexity index is 1070. The number of hydrogen-bond donors (Lipinski definition) is 1. The van der Waals surface area contributed by atoms with Crippen LogP contribution in [0.5, 0.6) is 0 Å². The lowest BCUT2D eigenvalue weighted by Gasteiger charge is -2.32. The summed E-state index contributed by atoms with van der Waals surface area (Å²) in [6, 6.07) is 13.5. The highest BCUT2D eigenvalue weighted by Crippen LogP contribution is 2.18. The van der Waals surface area contributed by atoms with E-state index in [1.807, 2.05) is 52.0 Å². The Labute approximate surface area is 204 Å². The Morgan fingerprint density at radius 3 is 2.24 bits per heavy atom. The zero-order chi connectivity index (χ0) is 25.3. The third-order valence-electron chi connectivity index (χ3n) is 5.90. The van der Waals surface area contributed by atoms with Gasteiger partial charge in [-0.3, -0.25) is 9.59 Å². The van der Waals surface area contributed by atoms with Gasteiger partial charge in [-0.15, -0.1) is 0 Å². The summed E-state index contributed by atoms with van der Waals surface area (Å²) in [5.74, 6) is -0.638. The minimum atomic E-state index is -3.85. The smallest absolute Gasteiger partial charge is 0.243 e. The van der Waals surface area contributed by atoms with Crippen LogP contribution in [0.25, 0.3) is 0 Å². The van der Waals surface area contributed by atoms with Crippen molar-refractivity contribution in [1.29, 1.82) is 0 Å². The van der Waals surface area contributed by atoms with Crippen molar-refractivity contribution in [2.24, 2.45) is 0 Å². The van der Waals surface area contributed by atoms with Crippen LogP contribution < -0.4 is 5.32 Å². The number of unbranched alkanes of at least 4 members (excludes halogenated alkanes) is 1. The monoisotopic (exact) mass is 487 g/mol. The third-order valence-corrected chi connectivity index (χ3v) is 7.72. The fourth-order valence-corrected chi connectivity index (χ4v) is 4.77. The van der Waals surface area contributed by atoms with Crippen molar-refractivity contribution in [3.63, 3.8) is 0 Å². The Morgan fingerprint density at radius 1 is 1.00 bits per heavy atom. The van der Waals surface area contributed by atoms with E-state index in [-0.39, 0.29) is 23.9 Å². The number of rotatable bonds is 12. The van der Waals surface area contributed by atoms with E-state index in [2.05, 4.69) is 5.32 Å². The van der Waals surface area contributed by atoms with Gasteiger partial charge in [-0.2, -0.15) is 4.31 Å². The van der Waals surface area contributed by atoms with Crippen molar-refractivity contribution in [2.45, 2.75) is 64.4 Å². The highest BCUT2D eigenvalue weighted by Gasteiger charge is 2.31. The van der Waals surface area contributed by atoms with Crippen molar-refractivity contribution < 1.29 is 18.0 Å². The van der Waals surface area contributed by atoms with Gasteiger partial charge in [0, 0.05) is 20.1 Å². The number of nitrogens with one attached hydrogen (secondary N) is 1. The second kappa shape index (κ2) is 12.7. The first-order valence-corrected chi connectivity index (χ1v) is 13.2. The van der Waals surface area contributed by atoms with Gasteiger partial charge in [0.1, 0.15) is 6.04 Å². The second-order valence-electron chi connectivity index (χ2n) is 8.59. The van der Waals surface area contributed by atoms with Crippen LogP contribution >= 0.6 is 0 Å². The molecule has 2 rings (SSSR count). The first-order chi connectivity index (χ1) is 16.1. The van der Waals surface area contributed by atoms with Crippen LogP contribution in [0.15, 0.2) is 53.4 Å². The van der Waals surface area contributed by atoms with Gasteiger partial charge in [0.05, 0.1) is 11.4 Å². The van der Waals surface area contributed by atoms with Gasteiger partial charge < -0.3 is 10.2 Å². The van der Waals surface area contributed by atoms with Crippen LogP contribution in [0.4, 0.5) is 0 Å². The first-order valence-electron chi connectivity index (χ1n) is 11.8. The van der Waals surface area contributed by atoms with E-state index < -0.39 is 22.0 Å². The molecule has 0 saturated carbocycles. The molecule has 2 aromatic carbocycles. The summed E-state index contributed by atoms with van der Waals surface area (Å²) in [5.41, 5.74) is 2.86. The lowest BCUT2D eigenvalue weighted by molar-refractivity contribution is -0.141. The van der Waals surface area contributed by atoms with E-state index in [0.29, 0.717) is 13.0 Å². The van der Waals surface area contributed by atoms with Gasteiger partial charge in [-0.05, 0) is 49.9 Å². The molecule has 34 heavy (non-hydrogen) atoms. The van der Waals surface area contributed by atoms with Crippen molar-refractivity contribution >= 4 is 21.8 Å². The van der Waals surface area contributed by atoms with Crippen LogP contribution in [-0.4, -0.2) is 55.6 Å². The number of benzene rings is 2. The zero-order valence-electron chi connectivity index (χ0n) is 20.9. The van der Waals surface area contributed by atoms with Crippen LogP contribution in [0, 0.1) is 13.8 Å². The van der Waals surface area contributed by atoms with Gasteiger partial charge in [-0.25, -0.2) is 8.42 Å². The first kappa shape index (κ1) is 27.5. The summed E-state index contributed by atoms with van der Waals surface area (Å²) < 4.78 is 27.1. The van der Waals surface area contributed by atoms with Gasteiger partial charge in [0.25, 0.3) is 0 Å². The average Bonchev–Trinajstić information content (AvgIpc) is 2.80. The van der Waals surface area contributed by atoms with Gasteiger partial charge in [0.15, 0.2) is 0 Å². The fourth-order valence-electron chi connectivity index (χ4n) is 3.65. The van der Waals surface area contributed by atoms with Crippen LogP contribution in [-0.2, 0) is 26.2 Å². The number of carbonyl (C=O) groups excluding carboxylic acids is 2. The van der Waals surface area contributed by atoms with Crippen molar-refractivity contribution in [3.05, 3.63) is 65.2 Å². The number of aryl methyl sites for hydroxylation is 2. The quantitative estimate of drug-likeness (QED) is 0.463. The molecule has 1 N–H and O–H groups in total. The SMILES string of the molecule is CCCCNC(=O)[C@H](CC)N(Cc1ccccc1C)C(=O)CN(C)S(=O)(=O)c1ccc(C)cc1. The predicted octanol–water partition coefficient (Wildman–Crippen LogP) is 3.65. The number of carbonyl (C=O) groups is 2. The lowest BCUT2D eigenvalue weighted by atomic mass is 10.1. The summed E-state index contributed by atoms with van der Waals surface area (Å²) in [6.07, 6.45) is 2.22. The molecular weight excluding hydrogens is 450 g/mol. The van der Waals surface area contributed by atoms with E-state index in [4.69, 9.17) is 0 Å². The molecular formula is C26H37N3O4S. The number of nitrogens with zero attached hydrogens (tertiary/aromatic N) is 2. The molecule has 0 saturated heterocycles. The van der Waals surface area contributed by atoms with Gasteiger partial charge in [-0.1, -0.05) is 62.2 Å². The van der Waals surface area contributed by atoms with Crippen molar-refractivity contribution in [1.82, 2.24) is 14.5 Å². The summed E-state index contributed by atoms with van der Waals surface area (Å²) in [6.45, 7) is 8.14. The van der Waals surface area contributed by atoms with E-state index in [0.717, 1.165) is 33.8 Å². The number of hydrogen-bond acceptors (Lipinski definition) is 4. The molecule has 186 valence electrons. The minimum absolute atomic E-state index is 0.128. The lowest BCUT2D eigenvalue weighted by Crippen LogP contribution is -2.51. The largest absolute Gasteiger partial charge is 0.354 e. The maximum Gasteiger partial charge on any atom is 0.243 e. The normalized spacial score (nSPS) is 12.4. The van der Waals surface area contributed by atoms with E-state index in [1.54, 1.807) is 12.1 Å². The summed E-state index contributed by atoms with van der Waals surface area (Å²) in [4.78, 5) is 28.1. The molecule has 2 aromatic rings. The zero-order valence-corrected chi connectivity index (χ0v) is 21.7. The third kappa shape index (κ3) is 7.14. The molecule has 0 radical (unpaired) electrons. The minimum Gasteiger partial charge on any atom is -0.354 e. The average molecular weight is 488 g/mol. The molecule has 0 heterocycles. The van der Waals surface area contributed by atoms with Crippen molar-refractivity contribution in [3.8, 4) is 0 Å². The Balaban J connectivity index is 2.30. The van der Waals surface area contributed by atoms with E-state index in [1.165, 1.54) is 24.1 Å². The fraction of sp³-hybridized carbons (Fsp3) is 0.462. The Morgan fingerprint density at radius 2 is 1.65 bits per heavy atom. The second-order valence-corrected chi connectivity index (χ2v) is 10.6. The molecule has 1 atom stereocenters. The van der Waals surface area contributed by atoms with E-state index >= 15 is 0 Å². The van der Waals surface area contributed by atoms with Crippen LogP contribution in [0.2, 0.25) is 0 Å². The van der Waals surface area contributed by atoms with E-state index in [9.17, 15) is 18.0 Å². The molecule has 2 amide bonds. The Kier molecular flexibility index (Phi) is 10.3. The molecule has 0 unspecified atom stereocenters. The van der Waals surface area contributed by atoms with Crippen molar-refractivity contribution in [2.75, 3.05) is 20.1 Å². The molecule has 0 aliphatic rings. The number of sulfonamides is 1. The van der Waals surface area contributed by atoms with Crippen LogP contribution in [0.1, 0.15) is 49.8 Å². The maximum atomic E-state index is 13.5. The molecule has 0 aliphatic heterocycles. The number of amides is 2. The molecule has 8 heteroatoms. The standard InChI is InChI=1S/C26H37N3O4S/c1-6-8-17-27-26(31)24(7-2)29(18-22-12-10-9-11-21(22)4)25(30)19-28(5)34(32,33)23-15-13-20(3)14-16-23/h9-16,24H,6-8,17-19H2,1-5H3,(H,27,31)/t24-/m0/s1. The molecule has 0 spiro atoms. The molecule has 0 fully saturated rings. The summed E-state index contributed by atoms with van der Waals surface area (Å²) in [5, 5.41) is 2.92. The molecule has 7 nitrogen and oxygen atoms in total. The topological polar surface area (TPSA) is 86.8 Å². The molecule has 0 aliphatic carbocycles. The highest BCUT2D eigenvalue weighted by atomic mass is 32.2. The maximum absolute atomic E-state index is 13.5. The van der Waals surface area contributed by atoms with Gasteiger partial charge >= 0.3 is 0 Å². The molecule has 0 aromatic heterocycles. The van der Waals surface area contributed by atoms with Crippen LogP contribution in [0.3, 0.4) is 0 Å². The molecule has 0 bridgehead atoms.